The van der Waals surface area contributed by atoms with Crippen molar-refractivity contribution in [3.63, 3.8) is 0 Å². The van der Waals surface area contributed by atoms with E-state index in [1.54, 1.807) is 14.2 Å². The van der Waals surface area contributed by atoms with Gasteiger partial charge in [-0.15, -0.1) is 0 Å². The summed E-state index contributed by atoms with van der Waals surface area (Å²) in [6.45, 7) is 7.51. The Bertz CT molecular complexity index is 883. The molecule has 0 radical (unpaired) electrons. The maximum Gasteiger partial charge on any atom is 0.222 e. The highest BCUT2D eigenvalue weighted by Crippen LogP contribution is 2.35. The standard InChI is InChI=1S/C24H31FN2O3/c1-15(2)24(28)26-16(3)23-20-13-22(30-5)21(29-4)12-18(20)10-11-27(23)14-17-6-8-19(25)9-7-17/h6-9,12-13,15-16,23H,10-11,14H2,1-5H3,(H,26,28)/p+1/t16-,23+/m1/s1. The van der Waals surface area contributed by atoms with E-state index in [2.05, 4.69) is 12.2 Å². The number of carbonyl (C=O) groups excluding carboxylic acids is 1. The summed E-state index contributed by atoms with van der Waals surface area (Å²) in [6, 6.07) is 10.7. The second-order valence-electron chi connectivity index (χ2n) is 8.30. The monoisotopic (exact) mass is 415 g/mol. The van der Waals surface area contributed by atoms with Crippen molar-refractivity contribution in [3.05, 3.63) is 58.9 Å². The second kappa shape index (κ2) is 9.47. The van der Waals surface area contributed by atoms with E-state index in [9.17, 15) is 9.18 Å². The Morgan fingerprint density at radius 2 is 1.77 bits per heavy atom. The predicted octanol–water partition coefficient (Wildman–Crippen LogP) is 2.69. The van der Waals surface area contributed by atoms with Gasteiger partial charge in [0.25, 0.3) is 0 Å². The molecule has 3 rings (SSSR count). The second-order valence-corrected chi connectivity index (χ2v) is 8.30. The molecule has 1 amide bonds. The zero-order chi connectivity index (χ0) is 21.8. The first kappa shape index (κ1) is 22.1. The Balaban J connectivity index is 1.98. The summed E-state index contributed by atoms with van der Waals surface area (Å²) >= 11 is 0. The lowest BCUT2D eigenvalue weighted by atomic mass is 9.87. The highest BCUT2D eigenvalue weighted by molar-refractivity contribution is 5.78. The van der Waals surface area contributed by atoms with Crippen LogP contribution in [0.3, 0.4) is 0 Å². The zero-order valence-corrected chi connectivity index (χ0v) is 18.4. The molecule has 30 heavy (non-hydrogen) atoms. The minimum absolute atomic E-state index is 0.0382. The van der Waals surface area contributed by atoms with Gasteiger partial charge in [0.1, 0.15) is 18.4 Å². The number of carbonyl (C=O) groups is 1. The van der Waals surface area contributed by atoms with Gasteiger partial charge in [0.2, 0.25) is 5.91 Å². The van der Waals surface area contributed by atoms with Gasteiger partial charge in [-0.3, -0.25) is 4.79 Å². The normalized spacial score (nSPS) is 19.2. The van der Waals surface area contributed by atoms with Crippen molar-refractivity contribution < 1.29 is 23.6 Å². The van der Waals surface area contributed by atoms with Crippen LogP contribution in [0.2, 0.25) is 0 Å². The van der Waals surface area contributed by atoms with Crippen LogP contribution in [-0.2, 0) is 17.8 Å². The first-order valence-corrected chi connectivity index (χ1v) is 10.5. The van der Waals surface area contributed by atoms with Gasteiger partial charge in [0.05, 0.1) is 26.8 Å². The van der Waals surface area contributed by atoms with E-state index in [0.29, 0.717) is 5.75 Å². The molecule has 162 valence electrons. The molecule has 1 aliphatic rings. The highest BCUT2D eigenvalue weighted by atomic mass is 19.1. The van der Waals surface area contributed by atoms with Crippen molar-refractivity contribution in [2.45, 2.75) is 45.8 Å². The minimum Gasteiger partial charge on any atom is -0.493 e. The number of amides is 1. The average molecular weight is 416 g/mol. The number of nitrogens with one attached hydrogen (secondary N) is 2. The van der Waals surface area contributed by atoms with Crippen molar-refractivity contribution in [3.8, 4) is 11.5 Å². The Labute approximate surface area is 178 Å². The van der Waals surface area contributed by atoms with Gasteiger partial charge >= 0.3 is 0 Å². The fourth-order valence-corrected chi connectivity index (χ4v) is 4.27. The summed E-state index contributed by atoms with van der Waals surface area (Å²) in [5, 5.41) is 3.19. The Hall–Kier alpha value is -2.60. The van der Waals surface area contributed by atoms with E-state index < -0.39 is 0 Å². The minimum atomic E-state index is -0.233. The van der Waals surface area contributed by atoms with E-state index in [4.69, 9.17) is 9.47 Å². The van der Waals surface area contributed by atoms with Crippen LogP contribution in [-0.4, -0.2) is 32.7 Å². The van der Waals surface area contributed by atoms with Crippen molar-refractivity contribution in [1.29, 1.82) is 0 Å². The van der Waals surface area contributed by atoms with Crippen molar-refractivity contribution in [2.24, 2.45) is 5.92 Å². The van der Waals surface area contributed by atoms with Crippen LogP contribution in [0, 0.1) is 11.7 Å². The Morgan fingerprint density at radius 3 is 2.37 bits per heavy atom. The third kappa shape index (κ3) is 4.75. The van der Waals surface area contributed by atoms with Gasteiger partial charge in [-0.25, -0.2) is 4.39 Å². The summed E-state index contributed by atoms with van der Waals surface area (Å²) in [4.78, 5) is 13.8. The van der Waals surface area contributed by atoms with Gasteiger partial charge in [0.15, 0.2) is 11.5 Å². The summed E-state index contributed by atoms with van der Waals surface area (Å²) < 4.78 is 24.4. The first-order valence-electron chi connectivity index (χ1n) is 10.5. The third-order valence-electron chi connectivity index (χ3n) is 5.87. The smallest absolute Gasteiger partial charge is 0.222 e. The van der Waals surface area contributed by atoms with Crippen LogP contribution in [0.1, 0.15) is 43.5 Å². The molecule has 5 nitrogen and oxygen atoms in total. The molecule has 0 spiro atoms. The number of methoxy groups -OCH3 is 2. The van der Waals surface area contributed by atoms with E-state index >= 15 is 0 Å². The van der Waals surface area contributed by atoms with Gasteiger partial charge < -0.3 is 19.7 Å². The molecule has 0 fully saturated rings. The molecular formula is C24H32FN2O3+. The Kier molecular flexibility index (Phi) is 6.98. The fourth-order valence-electron chi connectivity index (χ4n) is 4.27. The quantitative estimate of drug-likeness (QED) is 0.731. The van der Waals surface area contributed by atoms with Gasteiger partial charge in [-0.1, -0.05) is 26.0 Å². The molecule has 0 saturated heterocycles. The van der Waals surface area contributed by atoms with Gasteiger partial charge in [-0.2, -0.15) is 0 Å². The lowest BCUT2D eigenvalue weighted by Gasteiger charge is -2.38. The number of rotatable bonds is 7. The lowest BCUT2D eigenvalue weighted by molar-refractivity contribution is -0.948. The van der Waals surface area contributed by atoms with E-state index in [0.717, 1.165) is 36.4 Å². The van der Waals surface area contributed by atoms with Crippen LogP contribution in [0.25, 0.3) is 0 Å². The first-order chi connectivity index (χ1) is 14.3. The van der Waals surface area contributed by atoms with Gasteiger partial charge in [-0.05, 0) is 36.8 Å². The molecule has 1 aliphatic heterocycles. The topological polar surface area (TPSA) is 52.0 Å². The summed E-state index contributed by atoms with van der Waals surface area (Å²) in [5.74, 6) is 1.13. The summed E-state index contributed by atoms with van der Waals surface area (Å²) in [5.41, 5.74) is 3.45. The van der Waals surface area contributed by atoms with Crippen LogP contribution in [0.4, 0.5) is 4.39 Å². The van der Waals surface area contributed by atoms with Crippen LogP contribution in [0.5, 0.6) is 11.5 Å². The third-order valence-corrected chi connectivity index (χ3v) is 5.87. The van der Waals surface area contributed by atoms with Gasteiger partial charge in [0, 0.05) is 23.5 Å². The number of fused-ring (bicyclic) bond motifs is 1. The molecule has 3 atom stereocenters. The molecule has 2 aromatic rings. The largest absolute Gasteiger partial charge is 0.493 e. The summed E-state index contributed by atoms with van der Waals surface area (Å²) in [6.07, 6.45) is 0.896. The molecule has 6 heteroatoms. The molecule has 0 aliphatic carbocycles. The number of hydrogen-bond acceptors (Lipinski definition) is 3. The number of benzene rings is 2. The van der Waals surface area contributed by atoms with Crippen LogP contribution in [0.15, 0.2) is 36.4 Å². The molecule has 0 aromatic heterocycles. The molecule has 2 N–H and O–H groups in total. The molecule has 0 saturated carbocycles. The number of hydrogen-bond donors (Lipinski definition) is 2. The maximum absolute atomic E-state index is 13.4. The fraction of sp³-hybridized carbons (Fsp3) is 0.458. The van der Waals surface area contributed by atoms with Crippen LogP contribution < -0.4 is 19.7 Å². The van der Waals surface area contributed by atoms with Crippen molar-refractivity contribution in [2.75, 3.05) is 20.8 Å². The van der Waals surface area contributed by atoms with Crippen molar-refractivity contribution >= 4 is 5.91 Å². The van der Waals surface area contributed by atoms with Crippen molar-refractivity contribution in [1.82, 2.24) is 5.32 Å². The SMILES string of the molecule is COc1cc2c(cc1OC)[C@H]([C@@H](C)NC(=O)C(C)C)[NH+](Cc1ccc(F)cc1)CC2. The number of halogens is 1. The molecule has 1 unspecified atom stereocenters. The maximum atomic E-state index is 13.4. The average Bonchev–Trinajstić information content (AvgIpc) is 2.73. The highest BCUT2D eigenvalue weighted by Gasteiger charge is 2.37. The molecule has 1 heterocycles. The van der Waals surface area contributed by atoms with E-state index in [-0.39, 0.29) is 29.7 Å². The predicted molar refractivity (Wildman–Crippen MR) is 114 cm³/mol. The van der Waals surface area contributed by atoms with E-state index in [1.165, 1.54) is 22.6 Å². The summed E-state index contributed by atoms with van der Waals surface area (Å²) in [7, 11) is 3.28. The van der Waals surface area contributed by atoms with E-state index in [1.807, 2.05) is 38.1 Å². The Morgan fingerprint density at radius 1 is 1.13 bits per heavy atom. The zero-order valence-electron chi connectivity index (χ0n) is 18.4. The lowest BCUT2D eigenvalue weighted by Crippen LogP contribution is -3.13. The number of ether oxygens (including phenoxy) is 2. The molecular weight excluding hydrogens is 383 g/mol. The number of quaternary nitrogens is 1. The van der Waals surface area contributed by atoms with Crippen LogP contribution >= 0.6 is 0 Å². The molecule has 0 bridgehead atoms. The molecule has 2 aromatic carbocycles.